The van der Waals surface area contributed by atoms with Crippen molar-refractivity contribution < 1.29 is 4.74 Å². The lowest BCUT2D eigenvalue weighted by molar-refractivity contribution is 0.394. The molecule has 0 amide bonds. The van der Waals surface area contributed by atoms with Gasteiger partial charge in [-0.25, -0.2) is 0 Å². The Kier molecular flexibility index (Phi) is 4.96. The van der Waals surface area contributed by atoms with Gasteiger partial charge in [0.2, 0.25) is 5.88 Å². The van der Waals surface area contributed by atoms with E-state index in [-0.39, 0.29) is 11.8 Å². The Balaban J connectivity index is 1.71. The van der Waals surface area contributed by atoms with E-state index in [2.05, 4.69) is 27.0 Å². The summed E-state index contributed by atoms with van der Waals surface area (Å²) in [5.41, 5.74) is 10.1. The van der Waals surface area contributed by atoms with Crippen LogP contribution in [-0.2, 0) is 0 Å². The SMILES string of the molecule is N#CC1=C(N)Oc2cc(N=Cc3ccc(Br)cc3)ccc2[C@H]1c1ccccc1. The van der Waals surface area contributed by atoms with Crippen LogP contribution >= 0.6 is 15.9 Å². The van der Waals surface area contributed by atoms with Crippen LogP contribution in [0.5, 0.6) is 5.75 Å². The third-order valence-electron chi connectivity index (χ3n) is 4.57. The van der Waals surface area contributed by atoms with Crippen LogP contribution in [0.4, 0.5) is 5.69 Å². The van der Waals surface area contributed by atoms with Crippen LogP contribution in [0.1, 0.15) is 22.6 Å². The number of nitrogens with zero attached hydrogens (tertiary/aromatic N) is 2. The minimum absolute atomic E-state index is 0.137. The van der Waals surface area contributed by atoms with Gasteiger partial charge in [0.25, 0.3) is 0 Å². The molecular weight excluding hydrogens is 414 g/mol. The molecule has 0 radical (unpaired) electrons. The number of nitrogens with two attached hydrogens (primary N) is 1. The lowest BCUT2D eigenvalue weighted by Crippen LogP contribution is -2.20. The number of hydrogen-bond acceptors (Lipinski definition) is 4. The number of allylic oxidation sites excluding steroid dienone is 1. The smallest absolute Gasteiger partial charge is 0.205 e. The van der Waals surface area contributed by atoms with Gasteiger partial charge in [0, 0.05) is 22.3 Å². The minimum atomic E-state index is -0.251. The average molecular weight is 430 g/mol. The molecular formula is C23H16BrN3O. The lowest BCUT2D eigenvalue weighted by Gasteiger charge is -2.26. The Morgan fingerprint density at radius 2 is 1.79 bits per heavy atom. The van der Waals surface area contributed by atoms with Gasteiger partial charge in [-0.1, -0.05) is 64.5 Å². The van der Waals surface area contributed by atoms with Crippen molar-refractivity contribution >= 4 is 27.8 Å². The van der Waals surface area contributed by atoms with E-state index in [0.29, 0.717) is 11.3 Å². The number of aliphatic imine (C=N–C) groups is 1. The standard InChI is InChI=1S/C23H16BrN3O/c24-17-8-6-15(7-9-17)14-27-18-10-11-19-21(12-18)28-23(26)20(13-25)22(19)16-4-2-1-3-5-16/h1-12,14,22H,26H2/t22-/m1/s1. The van der Waals surface area contributed by atoms with E-state index in [0.717, 1.165) is 26.9 Å². The largest absolute Gasteiger partial charge is 0.440 e. The Morgan fingerprint density at radius 1 is 1.04 bits per heavy atom. The summed E-state index contributed by atoms with van der Waals surface area (Å²) in [6.45, 7) is 0. The van der Waals surface area contributed by atoms with Crippen LogP contribution < -0.4 is 10.5 Å². The monoisotopic (exact) mass is 429 g/mol. The number of benzene rings is 3. The van der Waals surface area contributed by atoms with Crippen molar-refractivity contribution in [3.63, 3.8) is 0 Å². The second-order valence-electron chi connectivity index (χ2n) is 6.37. The van der Waals surface area contributed by atoms with Gasteiger partial charge in [0.15, 0.2) is 0 Å². The quantitative estimate of drug-likeness (QED) is 0.565. The number of halogens is 1. The first-order valence-electron chi connectivity index (χ1n) is 8.72. The van der Waals surface area contributed by atoms with E-state index >= 15 is 0 Å². The fourth-order valence-electron chi connectivity index (χ4n) is 3.21. The summed E-state index contributed by atoms with van der Waals surface area (Å²) in [5, 5.41) is 9.61. The van der Waals surface area contributed by atoms with Crippen molar-refractivity contribution in [1.29, 1.82) is 5.26 Å². The van der Waals surface area contributed by atoms with Gasteiger partial charge < -0.3 is 10.5 Å². The molecule has 1 heterocycles. The Bertz CT molecular complexity index is 1110. The van der Waals surface area contributed by atoms with E-state index in [1.807, 2.05) is 72.8 Å². The highest BCUT2D eigenvalue weighted by atomic mass is 79.9. The first kappa shape index (κ1) is 18.0. The number of hydrogen-bond donors (Lipinski definition) is 1. The van der Waals surface area contributed by atoms with Gasteiger partial charge in [-0.2, -0.15) is 5.26 Å². The predicted molar refractivity (Wildman–Crippen MR) is 114 cm³/mol. The minimum Gasteiger partial charge on any atom is -0.440 e. The van der Waals surface area contributed by atoms with Crippen molar-refractivity contribution in [2.24, 2.45) is 10.7 Å². The lowest BCUT2D eigenvalue weighted by atomic mass is 9.83. The maximum absolute atomic E-state index is 9.61. The molecule has 28 heavy (non-hydrogen) atoms. The number of ether oxygens (including phenoxy) is 1. The van der Waals surface area contributed by atoms with Crippen LogP contribution in [-0.4, -0.2) is 6.21 Å². The summed E-state index contributed by atoms with van der Waals surface area (Å²) in [6.07, 6.45) is 1.80. The first-order chi connectivity index (χ1) is 13.7. The molecule has 1 aliphatic heterocycles. The number of rotatable bonds is 3. The third kappa shape index (κ3) is 3.55. The van der Waals surface area contributed by atoms with E-state index in [4.69, 9.17) is 10.5 Å². The first-order valence-corrected chi connectivity index (χ1v) is 9.51. The highest BCUT2D eigenvalue weighted by Gasteiger charge is 2.30. The summed E-state index contributed by atoms with van der Waals surface area (Å²) in [7, 11) is 0. The van der Waals surface area contributed by atoms with E-state index in [9.17, 15) is 5.26 Å². The molecule has 0 unspecified atom stereocenters. The maximum Gasteiger partial charge on any atom is 0.205 e. The summed E-state index contributed by atoms with van der Waals surface area (Å²) in [5.74, 6) is 0.508. The van der Waals surface area contributed by atoms with Crippen LogP contribution in [0.2, 0.25) is 0 Å². The Morgan fingerprint density at radius 3 is 2.50 bits per heavy atom. The molecule has 0 aromatic heterocycles. The van der Waals surface area contributed by atoms with Crippen LogP contribution in [0.3, 0.4) is 0 Å². The van der Waals surface area contributed by atoms with Gasteiger partial charge in [0.1, 0.15) is 17.4 Å². The Labute approximate surface area is 171 Å². The van der Waals surface area contributed by atoms with Crippen molar-refractivity contribution in [3.05, 3.63) is 105 Å². The van der Waals surface area contributed by atoms with Crippen molar-refractivity contribution in [3.8, 4) is 11.8 Å². The molecule has 1 atom stereocenters. The zero-order valence-electron chi connectivity index (χ0n) is 14.8. The molecule has 5 heteroatoms. The van der Waals surface area contributed by atoms with Gasteiger partial charge in [0.05, 0.1) is 11.6 Å². The van der Waals surface area contributed by atoms with Crippen LogP contribution in [0, 0.1) is 11.3 Å². The third-order valence-corrected chi connectivity index (χ3v) is 5.10. The van der Waals surface area contributed by atoms with Crippen LogP contribution in [0.15, 0.2) is 93.7 Å². The second-order valence-corrected chi connectivity index (χ2v) is 7.28. The molecule has 3 aromatic carbocycles. The topological polar surface area (TPSA) is 71.4 Å². The molecule has 0 aliphatic carbocycles. The normalized spacial score (nSPS) is 15.8. The molecule has 0 saturated heterocycles. The molecule has 3 aromatic rings. The molecule has 4 nitrogen and oxygen atoms in total. The fourth-order valence-corrected chi connectivity index (χ4v) is 3.48. The van der Waals surface area contributed by atoms with Gasteiger partial charge in [-0.15, -0.1) is 0 Å². The van der Waals surface area contributed by atoms with Crippen molar-refractivity contribution in [2.45, 2.75) is 5.92 Å². The second kappa shape index (κ2) is 7.71. The zero-order valence-corrected chi connectivity index (χ0v) is 16.4. The maximum atomic E-state index is 9.61. The number of nitriles is 1. The summed E-state index contributed by atoms with van der Waals surface area (Å²) >= 11 is 3.42. The van der Waals surface area contributed by atoms with Gasteiger partial charge in [-0.3, -0.25) is 4.99 Å². The summed E-state index contributed by atoms with van der Waals surface area (Å²) in [4.78, 5) is 4.53. The van der Waals surface area contributed by atoms with Crippen LogP contribution in [0.25, 0.3) is 0 Å². The zero-order chi connectivity index (χ0) is 19.5. The molecule has 0 spiro atoms. The highest BCUT2D eigenvalue weighted by molar-refractivity contribution is 9.10. The predicted octanol–water partition coefficient (Wildman–Crippen LogP) is 5.42. The van der Waals surface area contributed by atoms with E-state index < -0.39 is 0 Å². The molecule has 136 valence electrons. The summed E-state index contributed by atoms with van der Waals surface area (Å²) < 4.78 is 6.77. The summed E-state index contributed by atoms with van der Waals surface area (Å²) in [6, 6.07) is 25.7. The van der Waals surface area contributed by atoms with E-state index in [1.54, 1.807) is 6.21 Å². The van der Waals surface area contributed by atoms with Gasteiger partial charge >= 0.3 is 0 Å². The van der Waals surface area contributed by atoms with Crippen molar-refractivity contribution in [2.75, 3.05) is 0 Å². The van der Waals surface area contributed by atoms with Gasteiger partial charge in [-0.05, 0) is 29.3 Å². The average Bonchev–Trinajstić information content (AvgIpc) is 2.73. The molecule has 0 fully saturated rings. The Hall–Kier alpha value is -3.36. The molecule has 0 bridgehead atoms. The van der Waals surface area contributed by atoms with Crippen molar-refractivity contribution in [1.82, 2.24) is 0 Å². The molecule has 1 aliphatic rings. The number of fused-ring (bicyclic) bond motifs is 1. The fraction of sp³-hybridized carbons (Fsp3) is 0.0435. The molecule has 0 saturated carbocycles. The molecule has 4 rings (SSSR count). The highest BCUT2D eigenvalue weighted by Crippen LogP contribution is 2.43. The molecule has 2 N–H and O–H groups in total. The van der Waals surface area contributed by atoms with E-state index in [1.165, 1.54) is 0 Å².